The van der Waals surface area contributed by atoms with E-state index in [1.165, 1.54) is 0 Å². The molecule has 1 heterocycles. The normalized spacial score (nSPS) is 11.9. The van der Waals surface area contributed by atoms with Gasteiger partial charge >= 0.3 is 0 Å². The van der Waals surface area contributed by atoms with E-state index < -0.39 is 0 Å². The molecule has 1 amide bonds. The predicted molar refractivity (Wildman–Crippen MR) is 77.8 cm³/mol. The highest BCUT2D eigenvalue weighted by molar-refractivity contribution is 9.10. The Kier molecular flexibility index (Phi) is 4.63. The fourth-order valence-corrected chi connectivity index (χ4v) is 1.99. The van der Waals surface area contributed by atoms with Gasteiger partial charge in [0.15, 0.2) is 0 Å². The Labute approximate surface area is 120 Å². The van der Waals surface area contributed by atoms with Crippen molar-refractivity contribution in [3.63, 3.8) is 0 Å². The van der Waals surface area contributed by atoms with E-state index in [1.54, 1.807) is 18.5 Å². The van der Waals surface area contributed by atoms with Gasteiger partial charge in [-0.25, -0.2) is 9.97 Å². The summed E-state index contributed by atoms with van der Waals surface area (Å²) in [6.07, 6.45) is 3.60. The van der Waals surface area contributed by atoms with Crippen molar-refractivity contribution in [2.24, 2.45) is 0 Å². The quantitative estimate of drug-likeness (QED) is 0.940. The third-order valence-corrected chi connectivity index (χ3v) is 3.28. The Morgan fingerprint density at radius 2 is 1.89 bits per heavy atom. The Bertz CT molecular complexity index is 542. The molecule has 1 N–H and O–H groups in total. The maximum absolute atomic E-state index is 11.9. The zero-order chi connectivity index (χ0) is 13.7. The number of aromatic nitrogens is 2. The van der Waals surface area contributed by atoms with E-state index in [0.717, 1.165) is 10.0 Å². The van der Waals surface area contributed by atoms with E-state index in [1.807, 2.05) is 31.2 Å². The zero-order valence-corrected chi connectivity index (χ0v) is 12.1. The van der Waals surface area contributed by atoms with Crippen LogP contribution >= 0.6 is 15.9 Å². The molecule has 0 aliphatic carbocycles. The first-order valence-corrected chi connectivity index (χ1v) is 6.77. The molecule has 5 heteroatoms. The predicted octanol–water partition coefficient (Wildman–Crippen LogP) is 3.37. The summed E-state index contributed by atoms with van der Waals surface area (Å²) in [7, 11) is 0. The number of nitrogens with one attached hydrogen (secondary N) is 1. The second kappa shape index (κ2) is 6.43. The Morgan fingerprint density at radius 3 is 2.53 bits per heavy atom. The number of amides is 1. The summed E-state index contributed by atoms with van der Waals surface area (Å²) in [6, 6.07) is 9.69. The summed E-state index contributed by atoms with van der Waals surface area (Å²) < 4.78 is 1.03. The van der Waals surface area contributed by atoms with Crippen LogP contribution in [0, 0.1) is 0 Å². The minimum atomic E-state index is -0.0818. The lowest BCUT2D eigenvalue weighted by atomic mass is 9.98. The van der Waals surface area contributed by atoms with E-state index in [9.17, 15) is 4.79 Å². The Hall–Kier alpha value is -1.75. The van der Waals surface area contributed by atoms with Gasteiger partial charge < -0.3 is 0 Å². The fraction of sp³-hybridized carbons (Fsp3) is 0.214. The number of nitrogens with zero attached hydrogens (tertiary/aromatic N) is 2. The molecule has 1 aromatic heterocycles. The topological polar surface area (TPSA) is 54.9 Å². The summed E-state index contributed by atoms with van der Waals surface area (Å²) in [5.41, 5.74) is 1.13. The van der Waals surface area contributed by atoms with Crippen molar-refractivity contribution in [1.82, 2.24) is 9.97 Å². The monoisotopic (exact) mass is 319 g/mol. The molecule has 0 aliphatic heterocycles. The van der Waals surface area contributed by atoms with Gasteiger partial charge in [-0.05, 0) is 29.7 Å². The molecule has 0 spiro atoms. The van der Waals surface area contributed by atoms with Crippen molar-refractivity contribution in [1.29, 1.82) is 0 Å². The van der Waals surface area contributed by atoms with Crippen LogP contribution in [0.1, 0.15) is 24.8 Å². The van der Waals surface area contributed by atoms with Crippen LogP contribution in [0.3, 0.4) is 0 Å². The van der Waals surface area contributed by atoms with Crippen LogP contribution < -0.4 is 5.32 Å². The molecule has 19 heavy (non-hydrogen) atoms. The average molecular weight is 320 g/mol. The smallest absolute Gasteiger partial charge is 0.229 e. The van der Waals surface area contributed by atoms with Gasteiger partial charge in [-0.15, -0.1) is 0 Å². The van der Waals surface area contributed by atoms with Crippen molar-refractivity contribution >= 4 is 27.8 Å². The minimum Gasteiger partial charge on any atom is -0.295 e. The first-order chi connectivity index (χ1) is 9.15. The summed E-state index contributed by atoms with van der Waals surface area (Å²) in [5, 5.41) is 2.68. The molecule has 4 nitrogen and oxygen atoms in total. The summed E-state index contributed by atoms with van der Waals surface area (Å²) in [5.74, 6) is 0.411. The summed E-state index contributed by atoms with van der Waals surface area (Å²) in [6.45, 7) is 2.02. The van der Waals surface area contributed by atoms with Crippen molar-refractivity contribution in [2.75, 3.05) is 5.32 Å². The number of hydrogen-bond acceptors (Lipinski definition) is 3. The van der Waals surface area contributed by atoms with Crippen LogP contribution in [0.25, 0.3) is 0 Å². The number of anilines is 1. The lowest BCUT2D eigenvalue weighted by Gasteiger charge is -2.11. The van der Waals surface area contributed by atoms with E-state index in [-0.39, 0.29) is 11.8 Å². The Morgan fingerprint density at radius 1 is 1.26 bits per heavy atom. The lowest BCUT2D eigenvalue weighted by Crippen LogP contribution is -2.16. The van der Waals surface area contributed by atoms with Crippen LogP contribution in [0.15, 0.2) is 47.2 Å². The van der Waals surface area contributed by atoms with Crippen LogP contribution in [-0.4, -0.2) is 15.9 Å². The molecular weight excluding hydrogens is 306 g/mol. The Balaban J connectivity index is 1.93. The van der Waals surface area contributed by atoms with Gasteiger partial charge in [-0.1, -0.05) is 35.0 Å². The van der Waals surface area contributed by atoms with E-state index in [2.05, 4.69) is 31.2 Å². The number of hydrogen-bond donors (Lipinski definition) is 1. The van der Waals surface area contributed by atoms with Gasteiger partial charge in [0.05, 0.1) is 0 Å². The fourth-order valence-electron chi connectivity index (χ4n) is 1.73. The number of carbonyl (C=O) groups excluding carboxylic acids is 1. The highest BCUT2D eigenvalue weighted by Crippen LogP contribution is 2.21. The SMILES string of the molecule is C[C@H](CC(=O)Nc1ncccn1)c1ccc(Br)cc1. The molecule has 0 saturated heterocycles. The maximum atomic E-state index is 11.9. The largest absolute Gasteiger partial charge is 0.295 e. The van der Waals surface area contributed by atoms with Gasteiger partial charge in [0, 0.05) is 23.3 Å². The van der Waals surface area contributed by atoms with Gasteiger partial charge in [-0.3, -0.25) is 10.1 Å². The molecule has 1 atom stereocenters. The van der Waals surface area contributed by atoms with Crippen molar-refractivity contribution in [2.45, 2.75) is 19.3 Å². The third-order valence-electron chi connectivity index (χ3n) is 2.75. The molecule has 2 aromatic rings. The first kappa shape index (κ1) is 13.7. The van der Waals surface area contributed by atoms with Gasteiger partial charge in [0.25, 0.3) is 0 Å². The van der Waals surface area contributed by atoms with Crippen LogP contribution in [0.2, 0.25) is 0 Å². The zero-order valence-electron chi connectivity index (χ0n) is 10.5. The van der Waals surface area contributed by atoms with Crippen LogP contribution in [-0.2, 0) is 4.79 Å². The second-order valence-corrected chi connectivity index (χ2v) is 5.19. The summed E-state index contributed by atoms with van der Waals surface area (Å²) >= 11 is 3.39. The number of rotatable bonds is 4. The van der Waals surface area contributed by atoms with Gasteiger partial charge in [0.1, 0.15) is 0 Å². The molecule has 0 saturated carbocycles. The van der Waals surface area contributed by atoms with Gasteiger partial charge in [0.2, 0.25) is 11.9 Å². The van der Waals surface area contributed by atoms with Crippen molar-refractivity contribution in [3.05, 3.63) is 52.8 Å². The standard InChI is InChI=1S/C14H14BrN3O/c1-10(11-3-5-12(15)6-4-11)9-13(19)18-14-16-7-2-8-17-14/h2-8,10H,9H2,1H3,(H,16,17,18,19)/t10-/m1/s1. The van der Waals surface area contributed by atoms with E-state index in [0.29, 0.717) is 12.4 Å². The maximum Gasteiger partial charge on any atom is 0.229 e. The van der Waals surface area contributed by atoms with E-state index >= 15 is 0 Å². The molecule has 0 unspecified atom stereocenters. The molecule has 0 aliphatic rings. The molecule has 2 rings (SSSR count). The number of carbonyl (C=O) groups is 1. The van der Waals surface area contributed by atoms with Crippen molar-refractivity contribution in [3.8, 4) is 0 Å². The van der Waals surface area contributed by atoms with E-state index in [4.69, 9.17) is 0 Å². The second-order valence-electron chi connectivity index (χ2n) is 4.28. The first-order valence-electron chi connectivity index (χ1n) is 5.97. The molecule has 1 aromatic carbocycles. The highest BCUT2D eigenvalue weighted by Gasteiger charge is 2.12. The van der Waals surface area contributed by atoms with Crippen LogP contribution in [0.5, 0.6) is 0 Å². The average Bonchev–Trinajstić information content (AvgIpc) is 2.40. The van der Waals surface area contributed by atoms with Crippen LogP contribution in [0.4, 0.5) is 5.95 Å². The molecule has 0 fully saturated rings. The number of halogens is 1. The third kappa shape index (κ3) is 4.13. The van der Waals surface area contributed by atoms with Gasteiger partial charge in [-0.2, -0.15) is 0 Å². The van der Waals surface area contributed by atoms with Crippen molar-refractivity contribution < 1.29 is 4.79 Å². The molecule has 98 valence electrons. The molecule has 0 radical (unpaired) electrons. The highest BCUT2D eigenvalue weighted by atomic mass is 79.9. The lowest BCUT2D eigenvalue weighted by molar-refractivity contribution is -0.116. The molecular formula is C14H14BrN3O. The minimum absolute atomic E-state index is 0.0818. The summed E-state index contributed by atoms with van der Waals surface area (Å²) in [4.78, 5) is 19.8. The number of benzene rings is 1. The molecule has 0 bridgehead atoms.